The number of ether oxygens (including phenoxy) is 1. The SMILES string of the molecule is CC(C)(C)OC(=O)N1CCCC1c1cc(Cl)cc2c1CN(C(=O)Nc1cccnc1)C2. The van der Waals surface area contributed by atoms with E-state index in [1.165, 1.54) is 0 Å². The summed E-state index contributed by atoms with van der Waals surface area (Å²) in [6.07, 6.45) is 4.70. The average Bonchev–Trinajstić information content (AvgIpc) is 3.34. The highest BCUT2D eigenvalue weighted by atomic mass is 35.5. The first-order chi connectivity index (χ1) is 14.7. The van der Waals surface area contributed by atoms with Crippen molar-refractivity contribution >= 4 is 29.4 Å². The van der Waals surface area contributed by atoms with Crippen molar-refractivity contribution in [3.63, 3.8) is 0 Å². The number of urea groups is 1. The Morgan fingerprint density at radius 1 is 1.26 bits per heavy atom. The summed E-state index contributed by atoms with van der Waals surface area (Å²) in [5.74, 6) is 0. The number of carbonyl (C=O) groups is 2. The number of anilines is 1. The van der Waals surface area contributed by atoms with E-state index in [0.29, 0.717) is 30.3 Å². The van der Waals surface area contributed by atoms with Crippen LogP contribution in [-0.2, 0) is 17.8 Å². The topological polar surface area (TPSA) is 74.8 Å². The summed E-state index contributed by atoms with van der Waals surface area (Å²) in [5.41, 5.74) is 3.17. The summed E-state index contributed by atoms with van der Waals surface area (Å²) in [6.45, 7) is 7.18. The Hall–Kier alpha value is -2.80. The van der Waals surface area contributed by atoms with Gasteiger partial charge in [-0.05, 0) is 74.6 Å². The zero-order valence-corrected chi connectivity index (χ0v) is 18.8. The smallest absolute Gasteiger partial charge is 0.410 e. The number of nitrogens with one attached hydrogen (secondary N) is 1. The van der Waals surface area contributed by atoms with Crippen LogP contribution < -0.4 is 5.32 Å². The first-order valence-corrected chi connectivity index (χ1v) is 10.9. The van der Waals surface area contributed by atoms with Crippen LogP contribution in [0.5, 0.6) is 0 Å². The fourth-order valence-corrected chi connectivity index (χ4v) is 4.46. The fourth-order valence-electron chi connectivity index (χ4n) is 4.21. The number of amides is 3. The van der Waals surface area contributed by atoms with Gasteiger partial charge in [0.2, 0.25) is 0 Å². The van der Waals surface area contributed by atoms with Gasteiger partial charge in [0, 0.05) is 30.9 Å². The second-order valence-corrected chi connectivity index (χ2v) is 9.43. The van der Waals surface area contributed by atoms with Crippen molar-refractivity contribution in [1.29, 1.82) is 0 Å². The summed E-state index contributed by atoms with van der Waals surface area (Å²) in [4.78, 5) is 33.2. The first kappa shape index (κ1) is 21.4. The highest BCUT2D eigenvalue weighted by Crippen LogP contribution is 2.40. The van der Waals surface area contributed by atoms with E-state index in [2.05, 4.69) is 10.3 Å². The molecule has 2 aliphatic rings. The van der Waals surface area contributed by atoms with Crippen LogP contribution in [0.2, 0.25) is 5.02 Å². The van der Waals surface area contributed by atoms with Gasteiger partial charge in [0.25, 0.3) is 0 Å². The van der Waals surface area contributed by atoms with Gasteiger partial charge in [-0.3, -0.25) is 4.98 Å². The molecule has 1 fully saturated rings. The molecule has 0 saturated carbocycles. The number of fused-ring (bicyclic) bond motifs is 1. The molecule has 0 spiro atoms. The summed E-state index contributed by atoms with van der Waals surface area (Å²) in [5, 5.41) is 3.49. The second kappa shape index (κ2) is 8.38. The quantitative estimate of drug-likeness (QED) is 0.679. The molecule has 164 valence electrons. The predicted octanol–water partition coefficient (Wildman–Crippen LogP) is 5.35. The van der Waals surface area contributed by atoms with E-state index in [1.807, 2.05) is 32.9 Å². The van der Waals surface area contributed by atoms with E-state index < -0.39 is 5.60 Å². The third-order valence-electron chi connectivity index (χ3n) is 5.49. The Morgan fingerprint density at radius 2 is 2.06 bits per heavy atom. The third-order valence-corrected chi connectivity index (χ3v) is 5.71. The van der Waals surface area contributed by atoms with Gasteiger partial charge in [0.1, 0.15) is 5.60 Å². The van der Waals surface area contributed by atoms with Crippen molar-refractivity contribution in [1.82, 2.24) is 14.8 Å². The molecule has 4 rings (SSSR count). The van der Waals surface area contributed by atoms with E-state index in [-0.39, 0.29) is 18.2 Å². The van der Waals surface area contributed by atoms with E-state index in [1.54, 1.807) is 34.3 Å². The van der Waals surface area contributed by atoms with Gasteiger partial charge >= 0.3 is 12.1 Å². The highest BCUT2D eigenvalue weighted by molar-refractivity contribution is 6.30. The lowest BCUT2D eigenvalue weighted by Crippen LogP contribution is -2.36. The van der Waals surface area contributed by atoms with Gasteiger partial charge < -0.3 is 19.9 Å². The van der Waals surface area contributed by atoms with Gasteiger partial charge in [-0.1, -0.05) is 11.6 Å². The standard InChI is InChI=1S/C23H27ClN4O3/c1-23(2,3)31-22(30)28-9-5-7-20(28)18-11-16(24)10-15-13-27(14-19(15)18)21(29)26-17-6-4-8-25-12-17/h4,6,8,10-12,20H,5,7,9,13-14H2,1-3H3,(H,26,29). The fraction of sp³-hybridized carbons (Fsp3) is 0.435. The Morgan fingerprint density at radius 3 is 2.77 bits per heavy atom. The number of carbonyl (C=O) groups excluding carboxylic acids is 2. The molecule has 1 saturated heterocycles. The van der Waals surface area contributed by atoms with E-state index >= 15 is 0 Å². The zero-order valence-electron chi connectivity index (χ0n) is 18.0. The normalized spacial score (nSPS) is 18.1. The Kier molecular flexibility index (Phi) is 5.79. The number of aromatic nitrogens is 1. The molecule has 1 aromatic heterocycles. The molecule has 1 atom stereocenters. The number of pyridine rings is 1. The molecule has 31 heavy (non-hydrogen) atoms. The monoisotopic (exact) mass is 442 g/mol. The molecular weight excluding hydrogens is 416 g/mol. The Balaban J connectivity index is 1.56. The zero-order chi connectivity index (χ0) is 22.2. The minimum atomic E-state index is -0.554. The maximum absolute atomic E-state index is 12.8. The lowest BCUT2D eigenvalue weighted by atomic mass is 9.96. The van der Waals surface area contributed by atoms with Gasteiger partial charge in [-0.25, -0.2) is 9.59 Å². The molecule has 8 heteroatoms. The molecule has 1 N–H and O–H groups in total. The van der Waals surface area contributed by atoms with Gasteiger partial charge in [0.05, 0.1) is 17.9 Å². The van der Waals surface area contributed by atoms with Gasteiger partial charge in [-0.2, -0.15) is 0 Å². The van der Waals surface area contributed by atoms with E-state index in [4.69, 9.17) is 16.3 Å². The molecule has 1 unspecified atom stereocenters. The number of nitrogens with zero attached hydrogens (tertiary/aromatic N) is 3. The third kappa shape index (κ3) is 4.77. The Bertz CT molecular complexity index is 990. The maximum atomic E-state index is 12.8. The van der Waals surface area contributed by atoms with Crippen LogP contribution in [0.1, 0.15) is 56.3 Å². The second-order valence-electron chi connectivity index (χ2n) is 8.99. The summed E-state index contributed by atoms with van der Waals surface area (Å²) in [7, 11) is 0. The van der Waals surface area contributed by atoms with Crippen LogP contribution in [-0.4, -0.2) is 39.1 Å². The predicted molar refractivity (Wildman–Crippen MR) is 119 cm³/mol. The Labute approximate surface area is 187 Å². The first-order valence-electron chi connectivity index (χ1n) is 10.5. The van der Waals surface area contributed by atoms with Crippen molar-refractivity contribution in [3.05, 3.63) is 58.4 Å². The molecule has 2 aromatic rings. The minimum absolute atomic E-state index is 0.108. The van der Waals surface area contributed by atoms with Crippen LogP contribution in [0.4, 0.5) is 15.3 Å². The van der Waals surface area contributed by atoms with Crippen molar-refractivity contribution in [2.45, 2.75) is 58.3 Å². The molecule has 0 radical (unpaired) electrons. The van der Waals surface area contributed by atoms with Crippen LogP contribution in [0.25, 0.3) is 0 Å². The highest BCUT2D eigenvalue weighted by Gasteiger charge is 2.37. The van der Waals surface area contributed by atoms with Gasteiger partial charge in [-0.15, -0.1) is 0 Å². The number of hydrogen-bond donors (Lipinski definition) is 1. The molecule has 2 aliphatic heterocycles. The molecule has 0 bridgehead atoms. The van der Waals surface area contributed by atoms with Crippen molar-refractivity contribution in [3.8, 4) is 0 Å². The largest absolute Gasteiger partial charge is 0.444 e. The number of halogens is 1. The maximum Gasteiger partial charge on any atom is 0.410 e. The van der Waals surface area contributed by atoms with Crippen LogP contribution in [0, 0.1) is 0 Å². The summed E-state index contributed by atoms with van der Waals surface area (Å²) >= 11 is 6.44. The molecule has 3 amide bonds. The number of hydrogen-bond acceptors (Lipinski definition) is 4. The summed E-state index contributed by atoms with van der Waals surface area (Å²) in [6, 6.07) is 7.11. The molecular formula is C23H27ClN4O3. The lowest BCUT2D eigenvalue weighted by Gasteiger charge is -2.30. The van der Waals surface area contributed by atoms with E-state index in [0.717, 1.165) is 29.5 Å². The van der Waals surface area contributed by atoms with Crippen molar-refractivity contribution in [2.75, 3.05) is 11.9 Å². The van der Waals surface area contributed by atoms with E-state index in [9.17, 15) is 9.59 Å². The summed E-state index contributed by atoms with van der Waals surface area (Å²) < 4.78 is 5.62. The van der Waals surface area contributed by atoms with Crippen LogP contribution in [0.3, 0.4) is 0 Å². The number of likely N-dealkylation sites (tertiary alicyclic amines) is 1. The number of rotatable bonds is 2. The molecule has 3 heterocycles. The molecule has 1 aromatic carbocycles. The molecule has 0 aliphatic carbocycles. The van der Waals surface area contributed by atoms with Crippen LogP contribution in [0.15, 0.2) is 36.7 Å². The minimum Gasteiger partial charge on any atom is -0.444 e. The average molecular weight is 443 g/mol. The number of benzene rings is 1. The lowest BCUT2D eigenvalue weighted by molar-refractivity contribution is 0.0223. The van der Waals surface area contributed by atoms with Crippen molar-refractivity contribution < 1.29 is 14.3 Å². The van der Waals surface area contributed by atoms with Gasteiger partial charge in [0.15, 0.2) is 0 Å². The van der Waals surface area contributed by atoms with Crippen molar-refractivity contribution in [2.24, 2.45) is 0 Å². The molecule has 7 nitrogen and oxygen atoms in total. The van der Waals surface area contributed by atoms with Crippen LogP contribution >= 0.6 is 11.6 Å².